The molecule has 2 aromatic rings. The van der Waals surface area contributed by atoms with E-state index in [1.807, 2.05) is 61.5 Å². The zero-order chi connectivity index (χ0) is 17.5. The van der Waals surface area contributed by atoms with E-state index in [1.54, 1.807) is 6.07 Å². The lowest BCUT2D eigenvalue weighted by atomic mass is 10.2. The molecule has 0 heterocycles. The van der Waals surface area contributed by atoms with Gasteiger partial charge in [0.15, 0.2) is 0 Å². The molecule has 2 rings (SSSR count). The summed E-state index contributed by atoms with van der Waals surface area (Å²) in [7, 11) is 3.94. The molecule has 0 fully saturated rings. The number of anilines is 2. The molecular weight excluding hydrogens is 344 g/mol. The van der Waals surface area contributed by atoms with E-state index in [9.17, 15) is 0 Å². The van der Waals surface area contributed by atoms with Crippen LogP contribution in [0, 0.1) is 0 Å². The molecule has 0 saturated carbocycles. The van der Waals surface area contributed by atoms with Crippen molar-refractivity contribution in [1.82, 2.24) is 0 Å². The summed E-state index contributed by atoms with van der Waals surface area (Å²) in [6.07, 6.45) is 0. The number of rotatable bonds is 4. The highest BCUT2D eigenvalue weighted by molar-refractivity contribution is 7.80. The van der Waals surface area contributed by atoms with Crippen LogP contribution >= 0.6 is 23.8 Å². The first-order valence-corrected chi connectivity index (χ1v) is 7.83. The molecule has 0 atom stereocenters. The summed E-state index contributed by atoms with van der Waals surface area (Å²) < 4.78 is 0. The van der Waals surface area contributed by atoms with E-state index >= 15 is 0 Å². The fraction of sp³-hybridized carbons (Fsp3) is 0.125. The van der Waals surface area contributed by atoms with Crippen molar-refractivity contribution in [2.45, 2.75) is 0 Å². The van der Waals surface area contributed by atoms with Gasteiger partial charge in [-0.1, -0.05) is 23.7 Å². The van der Waals surface area contributed by atoms with Crippen LogP contribution in [0.5, 0.6) is 0 Å². The summed E-state index contributed by atoms with van der Waals surface area (Å²) in [5.74, 6) is 0.341. The van der Waals surface area contributed by atoms with Crippen molar-refractivity contribution in [3.8, 4) is 0 Å². The number of benzene rings is 2. The van der Waals surface area contributed by atoms with Crippen molar-refractivity contribution < 1.29 is 0 Å². The Morgan fingerprint density at radius 2 is 1.75 bits per heavy atom. The predicted molar refractivity (Wildman–Crippen MR) is 104 cm³/mol. The highest BCUT2D eigenvalue weighted by atomic mass is 35.5. The number of nitrogens with one attached hydrogen (secondary N) is 1. The van der Waals surface area contributed by atoms with Crippen LogP contribution in [0.4, 0.5) is 11.4 Å². The Labute approximate surface area is 151 Å². The molecule has 0 aliphatic carbocycles. The number of nitrogens with two attached hydrogens (primary N) is 1. The quantitative estimate of drug-likeness (QED) is 0.285. The van der Waals surface area contributed by atoms with E-state index in [0.29, 0.717) is 16.5 Å². The smallest absolute Gasteiger partial charge is 0.211 e. The van der Waals surface area contributed by atoms with E-state index in [2.05, 4.69) is 20.8 Å². The van der Waals surface area contributed by atoms with Gasteiger partial charge in [0.1, 0.15) is 0 Å². The Morgan fingerprint density at radius 3 is 2.33 bits per heavy atom. The molecule has 0 bridgehead atoms. The maximum Gasteiger partial charge on any atom is 0.211 e. The summed E-state index contributed by atoms with van der Waals surface area (Å²) in [6, 6.07) is 15.0. The van der Waals surface area contributed by atoms with Crippen molar-refractivity contribution in [3.63, 3.8) is 0 Å². The first-order valence-electron chi connectivity index (χ1n) is 7.04. The molecular formula is C16H17ClN6S. The average Bonchev–Trinajstić information content (AvgIpc) is 2.56. The van der Waals surface area contributed by atoms with Crippen LogP contribution in [0.15, 0.2) is 63.9 Å². The number of azo groups is 1. The van der Waals surface area contributed by atoms with Gasteiger partial charge in [-0.3, -0.25) is 5.43 Å². The molecule has 8 heteroatoms. The van der Waals surface area contributed by atoms with Crippen LogP contribution in [-0.2, 0) is 0 Å². The number of nitrogens with zero attached hydrogens (tertiary/aromatic N) is 4. The fourth-order valence-electron chi connectivity index (χ4n) is 1.81. The minimum Gasteiger partial charge on any atom is -0.378 e. The SMILES string of the molecule is CN(C)c1ccc(/C(N=NC(N)=S)=N/Nc2ccccc2Cl)cc1. The number of thiocarbonyl (C=S) groups is 1. The highest BCUT2D eigenvalue weighted by Gasteiger charge is 2.05. The van der Waals surface area contributed by atoms with Gasteiger partial charge in [-0.15, -0.1) is 10.2 Å². The zero-order valence-electron chi connectivity index (χ0n) is 13.3. The molecule has 0 spiro atoms. The predicted octanol–water partition coefficient (Wildman–Crippen LogP) is 3.88. The molecule has 3 N–H and O–H groups in total. The molecule has 0 amide bonds. The second-order valence-electron chi connectivity index (χ2n) is 5.01. The minimum atomic E-state index is -0.0645. The number of hydrogen-bond donors (Lipinski definition) is 2. The molecule has 0 aliphatic rings. The summed E-state index contributed by atoms with van der Waals surface area (Å²) >= 11 is 10.8. The molecule has 0 aliphatic heterocycles. The van der Waals surface area contributed by atoms with Crippen LogP contribution in [0.25, 0.3) is 0 Å². The van der Waals surface area contributed by atoms with Gasteiger partial charge in [-0.25, -0.2) is 0 Å². The number of hydrazone groups is 1. The third-order valence-electron chi connectivity index (χ3n) is 3.04. The third-order valence-corrected chi connectivity index (χ3v) is 3.45. The van der Waals surface area contributed by atoms with E-state index in [0.717, 1.165) is 11.3 Å². The molecule has 0 radical (unpaired) electrons. The molecule has 24 heavy (non-hydrogen) atoms. The number of halogens is 1. The molecule has 124 valence electrons. The van der Waals surface area contributed by atoms with E-state index in [4.69, 9.17) is 29.6 Å². The second kappa shape index (κ2) is 8.37. The third kappa shape index (κ3) is 5.00. The van der Waals surface area contributed by atoms with Crippen molar-refractivity contribution in [3.05, 3.63) is 59.1 Å². The molecule has 0 unspecified atom stereocenters. The van der Waals surface area contributed by atoms with Gasteiger partial charge in [-0.2, -0.15) is 5.10 Å². The maximum atomic E-state index is 6.10. The lowest BCUT2D eigenvalue weighted by molar-refractivity contribution is 1.13. The molecule has 6 nitrogen and oxygen atoms in total. The van der Waals surface area contributed by atoms with Crippen LogP contribution in [-0.4, -0.2) is 25.0 Å². The normalized spacial score (nSPS) is 11.5. The Hall–Kier alpha value is -2.51. The summed E-state index contributed by atoms with van der Waals surface area (Å²) in [6.45, 7) is 0. The van der Waals surface area contributed by atoms with Gasteiger partial charge >= 0.3 is 0 Å². The van der Waals surface area contributed by atoms with Crippen LogP contribution in [0.3, 0.4) is 0 Å². The Bertz CT molecular complexity index is 770. The zero-order valence-corrected chi connectivity index (χ0v) is 14.8. The van der Waals surface area contributed by atoms with E-state index in [1.165, 1.54) is 0 Å². The van der Waals surface area contributed by atoms with E-state index in [-0.39, 0.29) is 5.11 Å². The summed E-state index contributed by atoms with van der Waals surface area (Å²) in [5.41, 5.74) is 10.7. The van der Waals surface area contributed by atoms with Gasteiger partial charge in [0.2, 0.25) is 10.9 Å². The largest absolute Gasteiger partial charge is 0.378 e. The van der Waals surface area contributed by atoms with Crippen LogP contribution in [0.2, 0.25) is 5.02 Å². The summed E-state index contributed by atoms with van der Waals surface area (Å²) in [5, 5.41) is 12.5. The topological polar surface area (TPSA) is 78.4 Å². The van der Waals surface area contributed by atoms with Crippen LogP contribution in [0.1, 0.15) is 5.56 Å². The highest BCUT2D eigenvalue weighted by Crippen LogP contribution is 2.21. The van der Waals surface area contributed by atoms with E-state index < -0.39 is 0 Å². The lowest BCUT2D eigenvalue weighted by Gasteiger charge is -2.12. The van der Waals surface area contributed by atoms with Crippen LogP contribution < -0.4 is 16.1 Å². The molecule has 0 saturated heterocycles. The van der Waals surface area contributed by atoms with Gasteiger partial charge in [0, 0.05) is 25.3 Å². The second-order valence-corrected chi connectivity index (χ2v) is 5.83. The standard InChI is InChI=1S/C16H17ClN6S/c1-23(2)12-9-7-11(8-10-12)15(21-22-16(18)24)20-19-14-6-4-3-5-13(14)17/h3-10,19H,1-2H3,(H2,18,24)/b20-15-,22-21?. The summed E-state index contributed by atoms with van der Waals surface area (Å²) in [4.78, 5) is 2.00. The van der Waals surface area contributed by atoms with Crippen molar-refractivity contribution in [1.29, 1.82) is 0 Å². The Morgan fingerprint density at radius 1 is 1.08 bits per heavy atom. The van der Waals surface area contributed by atoms with Gasteiger partial charge < -0.3 is 10.6 Å². The Kier molecular flexibility index (Phi) is 6.22. The number of hydrogen-bond acceptors (Lipinski definition) is 4. The van der Waals surface area contributed by atoms with Gasteiger partial charge in [0.05, 0.1) is 10.7 Å². The number of para-hydroxylation sites is 1. The van der Waals surface area contributed by atoms with Crippen molar-refractivity contribution in [2.75, 3.05) is 24.4 Å². The average molecular weight is 361 g/mol. The maximum absolute atomic E-state index is 6.10. The monoisotopic (exact) mass is 360 g/mol. The Balaban J connectivity index is 2.32. The van der Waals surface area contributed by atoms with Crippen molar-refractivity contribution >= 4 is 46.1 Å². The van der Waals surface area contributed by atoms with Gasteiger partial charge in [-0.05, 0) is 48.6 Å². The minimum absolute atomic E-state index is 0.0645. The molecule has 0 aromatic heterocycles. The first-order chi connectivity index (χ1) is 11.5. The fourth-order valence-corrected chi connectivity index (χ4v) is 2.03. The molecule has 2 aromatic carbocycles. The number of amidine groups is 1. The lowest BCUT2D eigenvalue weighted by Crippen LogP contribution is -2.09. The van der Waals surface area contributed by atoms with Crippen molar-refractivity contribution in [2.24, 2.45) is 21.1 Å². The first kappa shape index (κ1) is 17.8. The van der Waals surface area contributed by atoms with Gasteiger partial charge in [0.25, 0.3) is 0 Å².